The van der Waals surface area contributed by atoms with Crippen molar-refractivity contribution in [1.82, 2.24) is 4.90 Å². The standard InChI is InChI=1S/C23H25NO4/c1-24-12-11-22-14-16(25)9-10-23(22,27)19(24)13-15-7-8-18(26)21(20(15)22)28-17-5-3-2-4-6-17/h2-8,19,26-27H,9-14H2,1H3/t19-,22-,23+/m0/s1. The van der Waals surface area contributed by atoms with Crippen LogP contribution in [0.3, 0.4) is 0 Å². The number of para-hydroxylation sites is 1. The number of benzene rings is 2. The van der Waals surface area contributed by atoms with E-state index in [1.54, 1.807) is 6.07 Å². The third-order valence-corrected chi connectivity index (χ3v) is 7.17. The number of hydrogen-bond donors (Lipinski definition) is 2. The van der Waals surface area contributed by atoms with Crippen molar-refractivity contribution >= 4 is 5.78 Å². The van der Waals surface area contributed by atoms with Crippen LogP contribution in [0, 0.1) is 0 Å². The highest BCUT2D eigenvalue weighted by Gasteiger charge is 2.65. The monoisotopic (exact) mass is 379 g/mol. The van der Waals surface area contributed by atoms with Crippen LogP contribution in [0.5, 0.6) is 17.2 Å². The zero-order chi connectivity index (χ0) is 19.5. The van der Waals surface area contributed by atoms with E-state index in [0.717, 1.165) is 17.7 Å². The van der Waals surface area contributed by atoms with Crippen LogP contribution in [-0.4, -0.2) is 46.1 Å². The molecule has 146 valence electrons. The summed E-state index contributed by atoms with van der Waals surface area (Å²) in [6, 6.07) is 12.9. The molecule has 1 heterocycles. The van der Waals surface area contributed by atoms with Crippen molar-refractivity contribution in [3.8, 4) is 17.2 Å². The van der Waals surface area contributed by atoms with E-state index in [0.29, 0.717) is 43.6 Å². The minimum Gasteiger partial charge on any atom is -0.504 e. The van der Waals surface area contributed by atoms with Gasteiger partial charge in [0.15, 0.2) is 11.5 Å². The summed E-state index contributed by atoms with van der Waals surface area (Å²) in [7, 11) is 2.05. The fourth-order valence-corrected chi connectivity index (χ4v) is 5.81. The number of rotatable bonds is 2. The highest BCUT2D eigenvalue weighted by atomic mass is 16.5. The number of carbonyl (C=O) groups excluding carboxylic acids is 1. The van der Waals surface area contributed by atoms with Gasteiger partial charge in [-0.2, -0.15) is 0 Å². The number of hydrogen-bond acceptors (Lipinski definition) is 5. The fraction of sp³-hybridized carbons (Fsp3) is 0.435. The molecule has 2 aromatic carbocycles. The number of ether oxygens (including phenoxy) is 1. The molecule has 28 heavy (non-hydrogen) atoms. The van der Waals surface area contributed by atoms with Crippen molar-refractivity contribution < 1.29 is 19.7 Å². The van der Waals surface area contributed by atoms with Gasteiger partial charge in [-0.05, 0) is 56.6 Å². The van der Waals surface area contributed by atoms with E-state index in [1.165, 1.54) is 0 Å². The molecule has 2 aliphatic carbocycles. The molecule has 0 amide bonds. The van der Waals surface area contributed by atoms with Crippen molar-refractivity contribution in [2.45, 2.75) is 49.2 Å². The molecule has 1 aliphatic heterocycles. The first-order chi connectivity index (χ1) is 13.4. The van der Waals surface area contributed by atoms with Gasteiger partial charge in [-0.3, -0.25) is 4.79 Å². The van der Waals surface area contributed by atoms with Crippen LogP contribution in [0.25, 0.3) is 0 Å². The molecule has 0 unspecified atom stereocenters. The molecule has 5 nitrogen and oxygen atoms in total. The van der Waals surface area contributed by atoms with Crippen LogP contribution in [-0.2, 0) is 16.6 Å². The van der Waals surface area contributed by atoms with Crippen molar-refractivity contribution in [2.75, 3.05) is 13.6 Å². The number of nitrogens with zero attached hydrogens (tertiary/aromatic N) is 1. The van der Waals surface area contributed by atoms with E-state index in [9.17, 15) is 15.0 Å². The van der Waals surface area contributed by atoms with Crippen LogP contribution in [0.1, 0.15) is 36.8 Å². The van der Waals surface area contributed by atoms with E-state index in [-0.39, 0.29) is 17.6 Å². The third-order valence-electron chi connectivity index (χ3n) is 7.17. The van der Waals surface area contributed by atoms with Crippen LogP contribution in [0.4, 0.5) is 0 Å². The number of Topliss-reactive ketones (excluding diaryl/α,β-unsaturated/α-hetero) is 1. The summed E-state index contributed by atoms with van der Waals surface area (Å²) < 4.78 is 6.16. The molecule has 1 saturated heterocycles. The average Bonchev–Trinajstić information content (AvgIpc) is 2.68. The van der Waals surface area contributed by atoms with Gasteiger partial charge < -0.3 is 19.8 Å². The van der Waals surface area contributed by atoms with Gasteiger partial charge in [0.2, 0.25) is 0 Å². The SMILES string of the molecule is CN1CC[C@@]23CC(=O)CC[C@@]2(O)[C@@H]1Cc1ccc(O)c(Oc2ccccc2)c13. The van der Waals surface area contributed by atoms with Gasteiger partial charge in [0.25, 0.3) is 0 Å². The second kappa shape index (κ2) is 6.06. The molecule has 2 fully saturated rings. The summed E-state index contributed by atoms with van der Waals surface area (Å²) >= 11 is 0. The number of fused-ring (bicyclic) bond motifs is 1. The number of likely N-dealkylation sites (tertiary alicyclic amines) is 1. The van der Waals surface area contributed by atoms with Gasteiger partial charge in [0.05, 0.1) is 5.60 Å². The Morgan fingerprint density at radius 3 is 2.71 bits per heavy atom. The van der Waals surface area contributed by atoms with Gasteiger partial charge in [-0.1, -0.05) is 24.3 Å². The normalized spacial score (nSPS) is 31.8. The van der Waals surface area contributed by atoms with Gasteiger partial charge in [-0.25, -0.2) is 0 Å². The maximum Gasteiger partial charge on any atom is 0.173 e. The van der Waals surface area contributed by atoms with E-state index >= 15 is 0 Å². The van der Waals surface area contributed by atoms with Gasteiger partial charge in [0, 0.05) is 29.9 Å². The lowest BCUT2D eigenvalue weighted by molar-refractivity contribution is -0.169. The first kappa shape index (κ1) is 17.7. The number of phenolic OH excluding ortho intramolecular Hbond substituents is 1. The number of ketones is 1. The predicted octanol–water partition coefficient (Wildman–Crippen LogP) is 3.17. The Labute approximate surface area is 164 Å². The second-order valence-corrected chi connectivity index (χ2v) is 8.54. The van der Waals surface area contributed by atoms with Gasteiger partial charge in [-0.15, -0.1) is 0 Å². The minimum absolute atomic E-state index is 0.0315. The van der Waals surface area contributed by atoms with Crippen molar-refractivity contribution in [3.05, 3.63) is 53.6 Å². The Hall–Kier alpha value is -2.37. The first-order valence-electron chi connectivity index (χ1n) is 9.97. The number of phenols is 1. The van der Waals surface area contributed by atoms with Crippen LogP contribution in [0.15, 0.2) is 42.5 Å². The maximum atomic E-state index is 12.6. The van der Waals surface area contributed by atoms with Crippen molar-refractivity contribution in [1.29, 1.82) is 0 Å². The zero-order valence-corrected chi connectivity index (χ0v) is 16.0. The van der Waals surface area contributed by atoms with Gasteiger partial charge >= 0.3 is 0 Å². The molecule has 1 saturated carbocycles. The highest BCUT2D eigenvalue weighted by Crippen LogP contribution is 2.60. The lowest BCUT2D eigenvalue weighted by Gasteiger charge is -2.62. The van der Waals surface area contributed by atoms with E-state index in [1.807, 2.05) is 36.4 Å². The molecule has 0 spiro atoms. The number of aromatic hydroxyl groups is 1. The Morgan fingerprint density at radius 1 is 1.14 bits per heavy atom. The molecular formula is C23H25NO4. The number of piperidine rings is 1. The Balaban J connectivity index is 1.74. The molecule has 5 heteroatoms. The van der Waals surface area contributed by atoms with E-state index in [4.69, 9.17) is 4.74 Å². The zero-order valence-electron chi connectivity index (χ0n) is 16.0. The fourth-order valence-electron chi connectivity index (χ4n) is 5.81. The maximum absolute atomic E-state index is 12.6. The number of likely N-dealkylation sites (N-methyl/N-ethyl adjacent to an activating group) is 1. The lowest BCUT2D eigenvalue weighted by Crippen LogP contribution is -2.72. The summed E-state index contributed by atoms with van der Waals surface area (Å²) in [5.41, 5.74) is 0.176. The predicted molar refractivity (Wildman–Crippen MR) is 105 cm³/mol. The summed E-state index contributed by atoms with van der Waals surface area (Å²) in [5, 5.41) is 22.7. The van der Waals surface area contributed by atoms with E-state index < -0.39 is 11.0 Å². The second-order valence-electron chi connectivity index (χ2n) is 8.54. The number of aliphatic hydroxyl groups is 1. The molecule has 0 aromatic heterocycles. The van der Waals surface area contributed by atoms with Gasteiger partial charge in [0.1, 0.15) is 11.5 Å². The first-order valence-corrected chi connectivity index (χ1v) is 9.97. The molecule has 5 rings (SSSR count). The lowest BCUT2D eigenvalue weighted by atomic mass is 9.49. The average molecular weight is 379 g/mol. The van der Waals surface area contributed by atoms with Crippen LogP contribution in [0.2, 0.25) is 0 Å². The Morgan fingerprint density at radius 2 is 1.93 bits per heavy atom. The highest BCUT2D eigenvalue weighted by molar-refractivity contribution is 5.83. The minimum atomic E-state index is -0.997. The quantitative estimate of drug-likeness (QED) is 0.839. The topological polar surface area (TPSA) is 70.0 Å². The Bertz CT molecular complexity index is 943. The largest absolute Gasteiger partial charge is 0.504 e. The van der Waals surface area contributed by atoms with E-state index in [2.05, 4.69) is 11.9 Å². The Kier molecular flexibility index (Phi) is 3.83. The van der Waals surface area contributed by atoms with Crippen molar-refractivity contribution in [3.63, 3.8) is 0 Å². The van der Waals surface area contributed by atoms with Crippen LogP contribution < -0.4 is 4.74 Å². The smallest absolute Gasteiger partial charge is 0.173 e. The molecule has 3 atom stereocenters. The summed E-state index contributed by atoms with van der Waals surface area (Å²) in [6.07, 6.45) is 2.52. The summed E-state index contributed by atoms with van der Waals surface area (Å²) in [6.45, 7) is 0.806. The third kappa shape index (κ3) is 2.29. The molecule has 2 bridgehead atoms. The summed E-state index contributed by atoms with van der Waals surface area (Å²) in [5.74, 6) is 1.24. The van der Waals surface area contributed by atoms with Crippen molar-refractivity contribution in [2.24, 2.45) is 0 Å². The molecule has 3 aliphatic rings. The molecule has 2 aromatic rings. The van der Waals surface area contributed by atoms with Crippen LogP contribution >= 0.6 is 0 Å². The molecule has 0 radical (unpaired) electrons. The summed E-state index contributed by atoms with van der Waals surface area (Å²) in [4.78, 5) is 14.8. The number of carbonyl (C=O) groups is 1. The molecular weight excluding hydrogens is 354 g/mol. The molecule has 2 N–H and O–H groups in total.